The Morgan fingerprint density at radius 2 is 2.03 bits per heavy atom. The van der Waals surface area contributed by atoms with Gasteiger partial charge < -0.3 is 19.9 Å². The van der Waals surface area contributed by atoms with Crippen LogP contribution >= 0.6 is 0 Å². The Morgan fingerprint density at radius 3 is 2.80 bits per heavy atom. The molecule has 11 heteroatoms. The molecule has 1 saturated carbocycles. The third-order valence-corrected chi connectivity index (χ3v) is 6.73. The second kappa shape index (κ2) is 8.19. The highest BCUT2D eigenvalue weighted by Gasteiger charge is 2.38. The molecule has 1 aliphatic carbocycles. The van der Waals surface area contributed by atoms with E-state index in [0.29, 0.717) is 17.3 Å². The number of carbonyl (C=O) groups excluding carboxylic acids is 2. The van der Waals surface area contributed by atoms with E-state index in [1.54, 1.807) is 40.8 Å². The van der Waals surface area contributed by atoms with E-state index in [1.165, 1.54) is 6.20 Å². The number of hydrogen-bond donors (Lipinski definition) is 2. The topological polar surface area (TPSA) is 131 Å². The standard InChI is InChI=1S/C24H24N8O3/c1-30-20-7-6-16(9-15(20)10-21(30)33)26-23(34)17-12-31(24(35)18-3-2-8-25-27-18)13-19-22(17)32(29-28-19)11-14-4-5-14/h2-3,6-10,14,17,33H,4-5,11-13H2,1H3,(H,26,34). The molecule has 4 heterocycles. The molecule has 1 aromatic carbocycles. The number of carbonyl (C=O) groups is 2. The Bertz CT molecular complexity index is 1440. The van der Waals surface area contributed by atoms with Gasteiger partial charge in [-0.2, -0.15) is 5.10 Å². The summed E-state index contributed by atoms with van der Waals surface area (Å²) in [6.07, 6.45) is 3.80. The summed E-state index contributed by atoms with van der Waals surface area (Å²) in [5, 5.41) is 30.2. The van der Waals surface area contributed by atoms with Crippen molar-refractivity contribution in [1.82, 2.24) is 34.7 Å². The molecule has 0 spiro atoms. The number of hydrogen-bond acceptors (Lipinski definition) is 7. The fourth-order valence-electron chi connectivity index (χ4n) is 4.66. The van der Waals surface area contributed by atoms with Gasteiger partial charge in [0.05, 0.1) is 23.7 Å². The lowest BCUT2D eigenvalue weighted by atomic mass is 9.96. The minimum absolute atomic E-state index is 0.147. The quantitative estimate of drug-likeness (QED) is 0.454. The summed E-state index contributed by atoms with van der Waals surface area (Å²) in [4.78, 5) is 28.3. The van der Waals surface area contributed by atoms with E-state index in [1.807, 2.05) is 16.8 Å². The van der Waals surface area contributed by atoms with Gasteiger partial charge in [0.15, 0.2) is 11.6 Å². The highest BCUT2D eigenvalue weighted by atomic mass is 16.3. The third-order valence-electron chi connectivity index (χ3n) is 6.73. The molecule has 0 saturated heterocycles. The van der Waals surface area contributed by atoms with Crippen molar-refractivity contribution in [3.63, 3.8) is 0 Å². The maximum absolute atomic E-state index is 13.6. The van der Waals surface area contributed by atoms with Gasteiger partial charge in [-0.15, -0.1) is 10.2 Å². The molecule has 2 amide bonds. The van der Waals surface area contributed by atoms with Crippen LogP contribution in [0.5, 0.6) is 5.88 Å². The number of amides is 2. The molecule has 3 aromatic heterocycles. The van der Waals surface area contributed by atoms with E-state index in [4.69, 9.17) is 0 Å². The number of nitrogens with zero attached hydrogens (tertiary/aromatic N) is 7. The molecule has 35 heavy (non-hydrogen) atoms. The van der Waals surface area contributed by atoms with E-state index in [9.17, 15) is 14.7 Å². The molecule has 0 radical (unpaired) electrons. The zero-order valence-electron chi connectivity index (χ0n) is 19.1. The maximum atomic E-state index is 13.6. The molecule has 1 fully saturated rings. The van der Waals surface area contributed by atoms with E-state index < -0.39 is 5.92 Å². The van der Waals surface area contributed by atoms with Crippen molar-refractivity contribution in [1.29, 1.82) is 0 Å². The summed E-state index contributed by atoms with van der Waals surface area (Å²) in [7, 11) is 1.77. The molecule has 6 rings (SSSR count). The van der Waals surface area contributed by atoms with Gasteiger partial charge >= 0.3 is 0 Å². The van der Waals surface area contributed by atoms with Crippen molar-refractivity contribution in [2.24, 2.45) is 13.0 Å². The van der Waals surface area contributed by atoms with Crippen molar-refractivity contribution in [2.45, 2.75) is 31.8 Å². The Morgan fingerprint density at radius 1 is 1.17 bits per heavy atom. The van der Waals surface area contributed by atoms with Crippen LogP contribution in [0.2, 0.25) is 0 Å². The molecule has 1 unspecified atom stereocenters. The van der Waals surface area contributed by atoms with Crippen LogP contribution in [0.15, 0.2) is 42.6 Å². The summed E-state index contributed by atoms with van der Waals surface area (Å²) in [6.45, 7) is 1.16. The molecule has 0 bridgehead atoms. The Labute approximate surface area is 200 Å². The van der Waals surface area contributed by atoms with Gasteiger partial charge in [0.1, 0.15) is 5.69 Å². The van der Waals surface area contributed by atoms with Gasteiger partial charge in [0.2, 0.25) is 5.91 Å². The first kappa shape index (κ1) is 21.3. The van der Waals surface area contributed by atoms with Crippen LogP contribution in [0.3, 0.4) is 0 Å². The van der Waals surface area contributed by atoms with Crippen LogP contribution in [-0.2, 0) is 24.9 Å². The van der Waals surface area contributed by atoms with Crippen LogP contribution in [0.1, 0.15) is 40.6 Å². The van der Waals surface area contributed by atoms with Crippen LogP contribution < -0.4 is 5.32 Å². The average molecular weight is 473 g/mol. The Kier molecular flexibility index (Phi) is 4.97. The number of benzene rings is 1. The molecule has 1 aliphatic heterocycles. The minimum atomic E-state index is -0.645. The van der Waals surface area contributed by atoms with Gasteiger partial charge in [-0.05, 0) is 49.1 Å². The molecular formula is C24H24N8O3. The highest BCUT2D eigenvalue weighted by Crippen LogP contribution is 2.35. The highest BCUT2D eigenvalue weighted by molar-refractivity contribution is 5.99. The van der Waals surface area contributed by atoms with E-state index in [2.05, 4.69) is 25.8 Å². The van der Waals surface area contributed by atoms with Gasteiger partial charge in [0, 0.05) is 43.5 Å². The molecule has 11 nitrogen and oxygen atoms in total. The largest absolute Gasteiger partial charge is 0.494 e. The molecule has 2 N–H and O–H groups in total. The lowest BCUT2D eigenvalue weighted by Gasteiger charge is -2.31. The summed E-state index contributed by atoms with van der Waals surface area (Å²) < 4.78 is 3.51. The van der Waals surface area contributed by atoms with E-state index in [-0.39, 0.29) is 36.5 Å². The van der Waals surface area contributed by atoms with E-state index in [0.717, 1.165) is 36.0 Å². The van der Waals surface area contributed by atoms with Gasteiger partial charge in [-0.1, -0.05) is 5.21 Å². The predicted octanol–water partition coefficient (Wildman–Crippen LogP) is 2.05. The van der Waals surface area contributed by atoms with Crippen molar-refractivity contribution < 1.29 is 14.7 Å². The summed E-state index contributed by atoms with van der Waals surface area (Å²) >= 11 is 0. The van der Waals surface area contributed by atoms with Gasteiger partial charge in [-0.3, -0.25) is 9.59 Å². The number of nitrogens with one attached hydrogen (secondary N) is 1. The number of rotatable bonds is 5. The van der Waals surface area contributed by atoms with E-state index >= 15 is 0 Å². The minimum Gasteiger partial charge on any atom is -0.494 e. The first-order chi connectivity index (χ1) is 17.0. The van der Waals surface area contributed by atoms with Crippen molar-refractivity contribution in [2.75, 3.05) is 11.9 Å². The third kappa shape index (κ3) is 3.88. The normalized spacial score (nSPS) is 17.4. The number of fused-ring (bicyclic) bond motifs is 2. The van der Waals surface area contributed by atoms with Crippen molar-refractivity contribution in [3.05, 3.63) is 59.7 Å². The predicted molar refractivity (Wildman–Crippen MR) is 125 cm³/mol. The molecule has 178 valence electrons. The first-order valence-corrected chi connectivity index (χ1v) is 11.6. The zero-order valence-corrected chi connectivity index (χ0v) is 19.1. The Hall–Kier alpha value is -4.28. The second-order valence-corrected chi connectivity index (χ2v) is 9.22. The van der Waals surface area contributed by atoms with Gasteiger partial charge in [0.25, 0.3) is 5.91 Å². The van der Waals surface area contributed by atoms with Crippen LogP contribution in [0.25, 0.3) is 10.9 Å². The number of anilines is 1. The van der Waals surface area contributed by atoms with Gasteiger partial charge in [-0.25, -0.2) is 4.68 Å². The smallest absolute Gasteiger partial charge is 0.274 e. The number of aromatic nitrogens is 6. The second-order valence-electron chi connectivity index (χ2n) is 9.22. The molecule has 4 aromatic rings. The lowest BCUT2D eigenvalue weighted by molar-refractivity contribution is -0.118. The summed E-state index contributed by atoms with van der Waals surface area (Å²) in [6, 6.07) is 10.4. The first-order valence-electron chi connectivity index (χ1n) is 11.6. The summed E-state index contributed by atoms with van der Waals surface area (Å²) in [5.74, 6) is -0.500. The van der Waals surface area contributed by atoms with Crippen LogP contribution in [0, 0.1) is 5.92 Å². The van der Waals surface area contributed by atoms with Crippen LogP contribution in [0.4, 0.5) is 5.69 Å². The van der Waals surface area contributed by atoms with Crippen molar-refractivity contribution in [3.8, 4) is 5.88 Å². The zero-order chi connectivity index (χ0) is 24.1. The lowest BCUT2D eigenvalue weighted by Crippen LogP contribution is -2.43. The molecule has 1 atom stereocenters. The number of aromatic hydroxyl groups is 1. The fraction of sp³-hybridized carbons (Fsp3) is 0.333. The maximum Gasteiger partial charge on any atom is 0.274 e. The Balaban J connectivity index is 1.31. The molecule has 2 aliphatic rings. The average Bonchev–Trinajstić information content (AvgIpc) is 3.53. The van der Waals surface area contributed by atoms with Crippen LogP contribution in [-0.4, -0.2) is 58.1 Å². The summed E-state index contributed by atoms with van der Waals surface area (Å²) in [5.41, 5.74) is 3.06. The molecular weight excluding hydrogens is 448 g/mol. The van der Waals surface area contributed by atoms with Crippen molar-refractivity contribution >= 4 is 28.4 Å². The number of aryl methyl sites for hydroxylation is 1. The monoisotopic (exact) mass is 472 g/mol. The SMILES string of the molecule is Cn1c(O)cc2cc(NC(=O)C3CN(C(=O)c4cccnn4)Cc4nnn(CC5CC5)c43)ccc21. The fourth-order valence-corrected chi connectivity index (χ4v) is 4.66.